The fourth-order valence-electron chi connectivity index (χ4n) is 9.45. The fourth-order valence-corrected chi connectivity index (χ4v) is 9.45. The smallest absolute Gasteiger partial charge is 0.306 e. The predicted molar refractivity (Wildman–Crippen MR) is 348 cm³/mol. The molecule has 0 saturated heterocycles. The second-order valence-corrected chi connectivity index (χ2v) is 22.4. The zero-order chi connectivity index (χ0) is 57.8. The van der Waals surface area contributed by atoms with Crippen LogP contribution in [0.4, 0.5) is 0 Å². The second kappa shape index (κ2) is 67.6. The lowest BCUT2D eigenvalue weighted by Crippen LogP contribution is -2.30. The number of carbonyl (C=O) groups excluding carboxylic acids is 3. The van der Waals surface area contributed by atoms with Crippen LogP contribution in [0.2, 0.25) is 0 Å². The third kappa shape index (κ3) is 64.9. The summed E-state index contributed by atoms with van der Waals surface area (Å²) >= 11 is 0. The largest absolute Gasteiger partial charge is 0.462 e. The Morgan fingerprint density at radius 2 is 0.487 bits per heavy atom. The first-order chi connectivity index (χ1) is 39.5. The number of carbonyl (C=O) groups is 3. The van der Waals surface area contributed by atoms with Gasteiger partial charge in [-0.1, -0.05) is 304 Å². The molecular weight excluding hydrogens is 985 g/mol. The Morgan fingerprint density at radius 1 is 0.263 bits per heavy atom. The number of unbranched alkanes of at least 4 members (excludes halogenated alkanes) is 32. The molecule has 0 aliphatic heterocycles. The van der Waals surface area contributed by atoms with E-state index < -0.39 is 6.10 Å². The molecule has 0 amide bonds. The number of ether oxygens (including phenoxy) is 3. The molecule has 1 atom stereocenters. The van der Waals surface area contributed by atoms with Gasteiger partial charge in [-0.3, -0.25) is 14.4 Å². The van der Waals surface area contributed by atoms with Crippen molar-refractivity contribution in [3.8, 4) is 0 Å². The average Bonchev–Trinajstić information content (AvgIpc) is 3.46. The van der Waals surface area contributed by atoms with Gasteiger partial charge in [-0.15, -0.1) is 0 Å². The van der Waals surface area contributed by atoms with Gasteiger partial charge in [0.15, 0.2) is 6.10 Å². The zero-order valence-electron chi connectivity index (χ0n) is 52.6. The standard InChI is InChI=1S/C74H126O6/c1-4-7-10-13-16-19-21-23-25-27-29-30-31-32-33-34-35-36-37-38-39-40-41-42-43-44-46-47-49-51-53-55-58-61-64-67-73(76)79-70-71(69-78-72(75)66-63-60-57-18-15-12-9-6-3)80-74(77)68-65-62-59-56-54-52-50-48-45-28-26-24-22-20-17-14-11-8-5-2/h7,10,16-17,19-20,23-26,29-30,32-33,35-36,45,48,71H,4-6,8-9,11-15,18,21-22,27-28,31,34,37-44,46-47,49-70H2,1-3H3/b10-7-,19-16-,20-17-,25-23-,26-24-,30-29-,33-32-,36-35-,48-45-. The van der Waals surface area contributed by atoms with E-state index in [0.717, 1.165) is 122 Å². The molecule has 6 heteroatoms. The number of allylic oxidation sites excluding steroid dienone is 18. The van der Waals surface area contributed by atoms with E-state index in [0.29, 0.717) is 19.3 Å². The van der Waals surface area contributed by atoms with Gasteiger partial charge in [-0.2, -0.15) is 0 Å². The van der Waals surface area contributed by atoms with Crippen molar-refractivity contribution < 1.29 is 28.6 Å². The van der Waals surface area contributed by atoms with Gasteiger partial charge in [-0.05, 0) is 109 Å². The summed E-state index contributed by atoms with van der Waals surface area (Å²) in [5.41, 5.74) is 0. The second-order valence-electron chi connectivity index (χ2n) is 22.4. The van der Waals surface area contributed by atoms with Crippen LogP contribution < -0.4 is 0 Å². The van der Waals surface area contributed by atoms with Gasteiger partial charge >= 0.3 is 17.9 Å². The summed E-state index contributed by atoms with van der Waals surface area (Å²) in [7, 11) is 0. The molecule has 0 radical (unpaired) electrons. The van der Waals surface area contributed by atoms with Crippen LogP contribution in [-0.4, -0.2) is 37.2 Å². The van der Waals surface area contributed by atoms with Gasteiger partial charge < -0.3 is 14.2 Å². The molecule has 0 saturated carbocycles. The van der Waals surface area contributed by atoms with Gasteiger partial charge in [0.1, 0.15) is 13.2 Å². The van der Waals surface area contributed by atoms with E-state index in [-0.39, 0.29) is 31.1 Å². The highest BCUT2D eigenvalue weighted by atomic mass is 16.6. The van der Waals surface area contributed by atoms with E-state index in [4.69, 9.17) is 14.2 Å². The monoisotopic (exact) mass is 1110 g/mol. The topological polar surface area (TPSA) is 78.9 Å². The molecule has 0 bridgehead atoms. The van der Waals surface area contributed by atoms with Gasteiger partial charge in [0, 0.05) is 19.3 Å². The molecule has 0 aliphatic rings. The molecule has 458 valence electrons. The van der Waals surface area contributed by atoms with Crippen LogP contribution in [0.15, 0.2) is 109 Å². The molecule has 80 heavy (non-hydrogen) atoms. The van der Waals surface area contributed by atoms with Crippen molar-refractivity contribution in [3.63, 3.8) is 0 Å². The number of hydrogen-bond donors (Lipinski definition) is 0. The lowest BCUT2D eigenvalue weighted by molar-refractivity contribution is -0.167. The van der Waals surface area contributed by atoms with Crippen LogP contribution in [0.5, 0.6) is 0 Å². The molecule has 0 heterocycles. The first-order valence-corrected chi connectivity index (χ1v) is 33.9. The molecule has 0 aliphatic carbocycles. The van der Waals surface area contributed by atoms with Crippen molar-refractivity contribution in [1.29, 1.82) is 0 Å². The van der Waals surface area contributed by atoms with Gasteiger partial charge in [0.05, 0.1) is 0 Å². The first-order valence-electron chi connectivity index (χ1n) is 33.9. The van der Waals surface area contributed by atoms with Crippen LogP contribution in [0.3, 0.4) is 0 Å². The molecule has 0 aromatic heterocycles. The summed E-state index contributed by atoms with van der Waals surface area (Å²) < 4.78 is 16.9. The number of esters is 3. The molecular formula is C74H126O6. The van der Waals surface area contributed by atoms with E-state index in [1.807, 2.05) is 0 Å². The van der Waals surface area contributed by atoms with E-state index in [9.17, 15) is 14.4 Å². The van der Waals surface area contributed by atoms with E-state index >= 15 is 0 Å². The summed E-state index contributed by atoms with van der Waals surface area (Å²) in [5.74, 6) is -0.887. The maximum absolute atomic E-state index is 12.9. The Balaban J connectivity index is 4.08. The quantitative estimate of drug-likeness (QED) is 0.0261. The molecule has 0 rings (SSSR count). The minimum atomic E-state index is -0.782. The lowest BCUT2D eigenvalue weighted by atomic mass is 10.0. The van der Waals surface area contributed by atoms with Crippen LogP contribution >= 0.6 is 0 Å². The highest BCUT2D eigenvalue weighted by Gasteiger charge is 2.19. The van der Waals surface area contributed by atoms with Crippen LogP contribution in [0, 0.1) is 0 Å². The molecule has 1 unspecified atom stereocenters. The predicted octanol–water partition coefficient (Wildman–Crippen LogP) is 23.4. The summed E-state index contributed by atoms with van der Waals surface area (Å²) in [6.07, 6.45) is 92.7. The fraction of sp³-hybridized carbons (Fsp3) is 0.716. The van der Waals surface area contributed by atoms with E-state index in [2.05, 4.69) is 130 Å². The van der Waals surface area contributed by atoms with Crippen molar-refractivity contribution in [2.45, 2.75) is 329 Å². The highest BCUT2D eigenvalue weighted by Crippen LogP contribution is 2.17. The van der Waals surface area contributed by atoms with Crippen molar-refractivity contribution in [3.05, 3.63) is 109 Å². The number of hydrogen-bond acceptors (Lipinski definition) is 6. The minimum Gasteiger partial charge on any atom is -0.462 e. The summed E-state index contributed by atoms with van der Waals surface area (Å²) in [4.78, 5) is 38.2. The molecule has 0 spiro atoms. The highest BCUT2D eigenvalue weighted by molar-refractivity contribution is 5.71. The Kier molecular flexibility index (Phi) is 64.3. The van der Waals surface area contributed by atoms with Crippen molar-refractivity contribution in [2.75, 3.05) is 13.2 Å². The molecule has 0 aromatic rings. The third-order valence-corrected chi connectivity index (χ3v) is 14.5. The summed E-state index contributed by atoms with van der Waals surface area (Å²) in [5, 5.41) is 0. The SMILES string of the molecule is CC/C=C\C/C=C\C/C=C\C/C=C\C/C=C\C/C=C\CCCCCCCCCCCCCCCCCCC(=O)OCC(COC(=O)CCCCCCCCCC)OC(=O)CCCCCCCC/C=C\C/C=C\C/C=C\CCCCC. The Morgan fingerprint density at radius 3 is 0.787 bits per heavy atom. The van der Waals surface area contributed by atoms with Crippen molar-refractivity contribution in [2.24, 2.45) is 0 Å². The van der Waals surface area contributed by atoms with Crippen LogP contribution in [0.25, 0.3) is 0 Å². The Bertz CT molecular complexity index is 1610. The lowest BCUT2D eigenvalue weighted by Gasteiger charge is -2.18. The third-order valence-electron chi connectivity index (χ3n) is 14.5. The minimum absolute atomic E-state index is 0.0799. The average molecular weight is 1110 g/mol. The maximum atomic E-state index is 12.9. The molecule has 0 N–H and O–H groups in total. The van der Waals surface area contributed by atoms with Crippen molar-refractivity contribution >= 4 is 17.9 Å². The van der Waals surface area contributed by atoms with Crippen molar-refractivity contribution in [1.82, 2.24) is 0 Å². The van der Waals surface area contributed by atoms with E-state index in [1.54, 1.807) is 0 Å². The molecule has 0 fully saturated rings. The van der Waals surface area contributed by atoms with Crippen LogP contribution in [-0.2, 0) is 28.6 Å². The molecule has 6 nitrogen and oxygen atoms in total. The first kappa shape index (κ1) is 76.1. The van der Waals surface area contributed by atoms with Gasteiger partial charge in [0.2, 0.25) is 0 Å². The summed E-state index contributed by atoms with van der Waals surface area (Å²) in [6, 6.07) is 0. The number of rotatable bonds is 61. The normalized spacial score (nSPS) is 12.8. The summed E-state index contributed by atoms with van der Waals surface area (Å²) in [6.45, 7) is 6.48. The Labute approximate surface area is 495 Å². The molecule has 0 aromatic carbocycles. The maximum Gasteiger partial charge on any atom is 0.306 e. The van der Waals surface area contributed by atoms with E-state index in [1.165, 1.54) is 161 Å². The Hall–Kier alpha value is -3.93. The van der Waals surface area contributed by atoms with Gasteiger partial charge in [0.25, 0.3) is 0 Å². The van der Waals surface area contributed by atoms with Gasteiger partial charge in [-0.25, -0.2) is 0 Å². The zero-order valence-corrected chi connectivity index (χ0v) is 52.6. The van der Waals surface area contributed by atoms with Crippen LogP contribution in [0.1, 0.15) is 323 Å².